The third-order valence-corrected chi connectivity index (χ3v) is 2.40. The summed E-state index contributed by atoms with van der Waals surface area (Å²) in [6.07, 6.45) is -4.10. The summed E-state index contributed by atoms with van der Waals surface area (Å²) < 4.78 is 42.5. The molecule has 1 N–H and O–H groups in total. The van der Waals surface area contributed by atoms with Gasteiger partial charge < -0.3 is 9.63 Å². The summed E-state index contributed by atoms with van der Waals surface area (Å²) in [5.41, 5.74) is -0.0750. The number of aliphatic hydroxyl groups is 1. The Morgan fingerprint density at radius 1 is 1.22 bits per heavy atom. The minimum absolute atomic E-state index is 0.1000. The van der Waals surface area contributed by atoms with E-state index in [4.69, 9.17) is 9.63 Å². The van der Waals surface area contributed by atoms with Crippen LogP contribution in [0.25, 0.3) is 11.3 Å². The highest BCUT2D eigenvalue weighted by Crippen LogP contribution is 2.31. The van der Waals surface area contributed by atoms with Gasteiger partial charge in [-0.2, -0.15) is 13.2 Å². The van der Waals surface area contributed by atoms with E-state index in [2.05, 4.69) is 5.16 Å². The van der Waals surface area contributed by atoms with Crippen molar-refractivity contribution in [2.24, 2.45) is 0 Å². The highest BCUT2D eigenvalue weighted by atomic mass is 19.4. The molecule has 1 aromatic heterocycles. The lowest BCUT2D eigenvalue weighted by Crippen LogP contribution is -2.04. The molecule has 0 spiro atoms. The van der Waals surface area contributed by atoms with Crippen molar-refractivity contribution in [2.45, 2.75) is 12.6 Å². The van der Waals surface area contributed by atoms with Gasteiger partial charge in [-0.05, 0) is 12.1 Å². The van der Waals surface area contributed by atoms with Gasteiger partial charge in [-0.25, -0.2) is 0 Å². The molecule has 1 heterocycles. The van der Waals surface area contributed by atoms with Crippen LogP contribution >= 0.6 is 0 Å². The minimum Gasteiger partial charge on any atom is -0.396 e. The van der Waals surface area contributed by atoms with E-state index in [1.165, 1.54) is 18.2 Å². The Hall–Kier alpha value is -1.82. The summed E-state index contributed by atoms with van der Waals surface area (Å²) >= 11 is 0. The third kappa shape index (κ3) is 2.70. The van der Waals surface area contributed by atoms with Gasteiger partial charge in [0.2, 0.25) is 0 Å². The predicted molar refractivity (Wildman–Crippen MR) is 57.7 cm³/mol. The largest absolute Gasteiger partial charge is 0.416 e. The zero-order valence-corrected chi connectivity index (χ0v) is 9.24. The van der Waals surface area contributed by atoms with Gasteiger partial charge in [0.1, 0.15) is 11.5 Å². The molecule has 0 unspecified atom stereocenters. The fourth-order valence-electron chi connectivity index (χ4n) is 1.53. The van der Waals surface area contributed by atoms with Crippen molar-refractivity contribution < 1.29 is 22.8 Å². The molecular weight excluding hydrogens is 247 g/mol. The summed E-state index contributed by atoms with van der Waals surface area (Å²) in [4.78, 5) is 0. The molecular formula is C12H10F3NO2. The number of nitrogens with zero attached hydrogens (tertiary/aromatic N) is 1. The van der Waals surface area contributed by atoms with Crippen LogP contribution in [0.3, 0.4) is 0 Å². The van der Waals surface area contributed by atoms with Gasteiger partial charge in [0, 0.05) is 18.1 Å². The first-order chi connectivity index (χ1) is 8.50. The first kappa shape index (κ1) is 12.6. The molecule has 0 bridgehead atoms. The van der Waals surface area contributed by atoms with Crippen LogP contribution in [0.1, 0.15) is 11.3 Å². The van der Waals surface area contributed by atoms with Gasteiger partial charge in [-0.3, -0.25) is 0 Å². The fraction of sp³-hybridized carbons (Fsp3) is 0.250. The average Bonchev–Trinajstić information content (AvgIpc) is 2.77. The second-order valence-electron chi connectivity index (χ2n) is 3.73. The normalized spacial score (nSPS) is 11.8. The lowest BCUT2D eigenvalue weighted by Gasteiger charge is -2.06. The predicted octanol–water partition coefficient (Wildman–Crippen LogP) is 2.90. The maximum absolute atomic E-state index is 12.5. The first-order valence-electron chi connectivity index (χ1n) is 5.25. The molecule has 0 saturated carbocycles. The van der Waals surface area contributed by atoms with Gasteiger partial charge in [-0.1, -0.05) is 17.3 Å². The molecule has 2 rings (SSSR count). The third-order valence-electron chi connectivity index (χ3n) is 2.40. The molecule has 96 valence electrons. The van der Waals surface area contributed by atoms with E-state index in [1.54, 1.807) is 0 Å². The van der Waals surface area contributed by atoms with Crippen LogP contribution in [0.5, 0.6) is 0 Å². The van der Waals surface area contributed by atoms with Crippen molar-refractivity contribution >= 4 is 0 Å². The molecule has 2 aromatic rings. The van der Waals surface area contributed by atoms with Crippen molar-refractivity contribution in [1.82, 2.24) is 5.16 Å². The number of alkyl halides is 3. The van der Waals surface area contributed by atoms with E-state index in [-0.39, 0.29) is 13.0 Å². The molecule has 0 aliphatic carbocycles. The number of hydrogen-bond acceptors (Lipinski definition) is 3. The molecule has 0 aliphatic rings. The van der Waals surface area contributed by atoms with Crippen molar-refractivity contribution in [3.63, 3.8) is 0 Å². The molecule has 1 aromatic carbocycles. The Kier molecular flexibility index (Phi) is 3.38. The van der Waals surface area contributed by atoms with E-state index in [9.17, 15) is 13.2 Å². The monoisotopic (exact) mass is 257 g/mol. The highest BCUT2D eigenvalue weighted by Gasteiger charge is 2.30. The summed E-state index contributed by atoms with van der Waals surface area (Å²) in [7, 11) is 0. The SMILES string of the molecule is OCCc1cc(-c2cccc(C(F)(F)F)c2)no1. The van der Waals surface area contributed by atoms with Crippen LogP contribution in [0, 0.1) is 0 Å². The number of rotatable bonds is 3. The molecule has 0 atom stereocenters. The number of halogens is 3. The van der Waals surface area contributed by atoms with Gasteiger partial charge in [0.25, 0.3) is 0 Å². The smallest absolute Gasteiger partial charge is 0.396 e. The van der Waals surface area contributed by atoms with Crippen LogP contribution in [-0.2, 0) is 12.6 Å². The molecule has 6 heteroatoms. The van der Waals surface area contributed by atoms with E-state index >= 15 is 0 Å². The van der Waals surface area contributed by atoms with E-state index < -0.39 is 11.7 Å². The Labute approximate surface area is 101 Å². The highest BCUT2D eigenvalue weighted by molar-refractivity contribution is 5.60. The van der Waals surface area contributed by atoms with Gasteiger partial charge in [0.15, 0.2) is 0 Å². The minimum atomic E-state index is -4.38. The van der Waals surface area contributed by atoms with Crippen LogP contribution in [-0.4, -0.2) is 16.9 Å². The van der Waals surface area contributed by atoms with Crippen molar-refractivity contribution in [1.29, 1.82) is 0 Å². The lowest BCUT2D eigenvalue weighted by molar-refractivity contribution is -0.137. The van der Waals surface area contributed by atoms with E-state index in [1.807, 2.05) is 0 Å². The second-order valence-corrected chi connectivity index (χ2v) is 3.73. The molecule has 18 heavy (non-hydrogen) atoms. The summed E-state index contributed by atoms with van der Waals surface area (Å²) in [6, 6.07) is 6.37. The van der Waals surface area contributed by atoms with E-state index in [0.717, 1.165) is 12.1 Å². The topological polar surface area (TPSA) is 46.3 Å². The van der Waals surface area contributed by atoms with Crippen LogP contribution in [0.15, 0.2) is 34.9 Å². The van der Waals surface area contributed by atoms with Crippen LogP contribution in [0.2, 0.25) is 0 Å². The van der Waals surface area contributed by atoms with Crippen molar-refractivity contribution in [3.05, 3.63) is 41.7 Å². The quantitative estimate of drug-likeness (QED) is 0.919. The van der Waals surface area contributed by atoms with Crippen LogP contribution < -0.4 is 0 Å². The number of aromatic nitrogens is 1. The van der Waals surface area contributed by atoms with E-state index in [0.29, 0.717) is 17.0 Å². The molecule has 0 saturated heterocycles. The van der Waals surface area contributed by atoms with Crippen molar-refractivity contribution in [2.75, 3.05) is 6.61 Å². The summed E-state index contributed by atoms with van der Waals surface area (Å²) in [6.45, 7) is -0.1000. The zero-order chi connectivity index (χ0) is 13.2. The Morgan fingerprint density at radius 3 is 2.67 bits per heavy atom. The second kappa shape index (κ2) is 4.81. The molecule has 3 nitrogen and oxygen atoms in total. The Balaban J connectivity index is 2.32. The maximum atomic E-state index is 12.5. The molecule has 0 aliphatic heterocycles. The average molecular weight is 257 g/mol. The standard InChI is InChI=1S/C12H10F3NO2/c13-12(14,15)9-3-1-2-8(6-9)11-7-10(4-5-17)18-16-11/h1-3,6-7,17H,4-5H2. The number of hydrogen-bond donors (Lipinski definition) is 1. The van der Waals surface area contributed by atoms with Gasteiger partial charge in [-0.15, -0.1) is 0 Å². The summed E-state index contributed by atoms with van der Waals surface area (Å²) in [5, 5.41) is 12.4. The Morgan fingerprint density at radius 2 is 2.00 bits per heavy atom. The maximum Gasteiger partial charge on any atom is 0.416 e. The Bertz CT molecular complexity index is 534. The fourth-order valence-corrected chi connectivity index (χ4v) is 1.53. The van der Waals surface area contributed by atoms with Crippen molar-refractivity contribution in [3.8, 4) is 11.3 Å². The molecule has 0 amide bonds. The zero-order valence-electron chi connectivity index (χ0n) is 9.24. The summed E-state index contributed by atoms with van der Waals surface area (Å²) in [5.74, 6) is 0.435. The lowest BCUT2D eigenvalue weighted by atomic mass is 10.1. The molecule has 0 fully saturated rings. The van der Waals surface area contributed by atoms with Crippen LogP contribution in [0.4, 0.5) is 13.2 Å². The first-order valence-corrected chi connectivity index (χ1v) is 5.25. The van der Waals surface area contributed by atoms with Gasteiger partial charge >= 0.3 is 6.18 Å². The number of benzene rings is 1. The number of aliphatic hydroxyl groups excluding tert-OH is 1. The molecule has 0 radical (unpaired) electrons. The van der Waals surface area contributed by atoms with Gasteiger partial charge in [0.05, 0.1) is 12.2 Å².